The van der Waals surface area contributed by atoms with Crippen LogP contribution in [-0.4, -0.2) is 22.2 Å². The number of aliphatic hydroxyl groups excluding tert-OH is 1. The molecule has 0 saturated heterocycles. The Morgan fingerprint density at radius 3 is 2.79 bits per heavy atom. The van der Waals surface area contributed by atoms with Gasteiger partial charge in [-0.1, -0.05) is 0 Å². The van der Waals surface area contributed by atoms with E-state index < -0.39 is 10.5 Å². The number of hydrogen-bond donors (Lipinski definition) is 2. The molecule has 0 amide bonds. The summed E-state index contributed by atoms with van der Waals surface area (Å²) in [6.45, 7) is 1.85. The normalized spacial score (nSPS) is 17.3. The van der Waals surface area contributed by atoms with Crippen molar-refractivity contribution >= 4 is 11.4 Å². The van der Waals surface area contributed by atoms with Gasteiger partial charge in [0, 0.05) is 12.1 Å². The number of rotatable bonds is 5. The lowest BCUT2D eigenvalue weighted by atomic mass is 9.96. The predicted molar refractivity (Wildman–Crippen MR) is 69.6 cm³/mol. The predicted octanol–water partition coefficient (Wildman–Crippen LogP) is 2.04. The second kappa shape index (κ2) is 4.86. The molecule has 100 valence electrons. The molecule has 6 nitrogen and oxygen atoms in total. The zero-order valence-electron chi connectivity index (χ0n) is 10.6. The number of nitro groups is 1. The van der Waals surface area contributed by atoms with Crippen LogP contribution in [0.25, 0.3) is 0 Å². The fourth-order valence-corrected chi connectivity index (χ4v) is 2.15. The topological polar surface area (TPSA) is 99.2 Å². The lowest BCUT2D eigenvalue weighted by Gasteiger charge is -2.30. The zero-order chi connectivity index (χ0) is 14.0. The van der Waals surface area contributed by atoms with Crippen molar-refractivity contribution in [2.45, 2.75) is 25.3 Å². The van der Waals surface area contributed by atoms with Crippen molar-refractivity contribution in [2.24, 2.45) is 5.92 Å². The molecule has 2 N–H and O–H groups in total. The standard InChI is InChI=1S/C13H15N3O3/c1-13(8-17,10-2-3-10)15-12-5-4-11(16(18)19)6-9(12)7-14/h4-6,10,15,17H,2-3,8H2,1H3/t13-/m1/s1. The number of aliphatic hydroxyl groups is 1. The summed E-state index contributed by atoms with van der Waals surface area (Å²) in [5.74, 6) is 0.374. The molecule has 0 aliphatic heterocycles. The average Bonchev–Trinajstić information content (AvgIpc) is 3.23. The maximum atomic E-state index is 10.7. The van der Waals surface area contributed by atoms with E-state index in [0.717, 1.165) is 12.8 Å². The van der Waals surface area contributed by atoms with E-state index in [1.807, 2.05) is 13.0 Å². The highest BCUT2D eigenvalue weighted by Crippen LogP contribution is 2.41. The summed E-state index contributed by atoms with van der Waals surface area (Å²) in [5.41, 5.74) is 0.146. The Morgan fingerprint density at radius 1 is 1.63 bits per heavy atom. The maximum absolute atomic E-state index is 10.7. The van der Waals surface area contributed by atoms with Crippen LogP contribution in [0.3, 0.4) is 0 Å². The number of nitrogens with zero attached hydrogens (tertiary/aromatic N) is 2. The number of anilines is 1. The van der Waals surface area contributed by atoms with Gasteiger partial charge in [-0.3, -0.25) is 10.1 Å². The van der Waals surface area contributed by atoms with Gasteiger partial charge in [0.2, 0.25) is 0 Å². The van der Waals surface area contributed by atoms with Crippen LogP contribution in [0.5, 0.6) is 0 Å². The molecule has 19 heavy (non-hydrogen) atoms. The van der Waals surface area contributed by atoms with Gasteiger partial charge in [-0.2, -0.15) is 5.26 Å². The molecule has 1 aromatic carbocycles. The third-order valence-corrected chi connectivity index (χ3v) is 3.56. The third kappa shape index (κ3) is 2.66. The summed E-state index contributed by atoms with van der Waals surface area (Å²) in [7, 11) is 0. The van der Waals surface area contributed by atoms with Crippen molar-refractivity contribution in [3.8, 4) is 6.07 Å². The molecule has 0 aromatic heterocycles. The van der Waals surface area contributed by atoms with E-state index in [-0.39, 0.29) is 17.9 Å². The molecule has 2 rings (SSSR count). The molecule has 1 saturated carbocycles. The smallest absolute Gasteiger partial charge is 0.270 e. The minimum Gasteiger partial charge on any atom is -0.394 e. The van der Waals surface area contributed by atoms with Gasteiger partial charge in [0.1, 0.15) is 6.07 Å². The van der Waals surface area contributed by atoms with Gasteiger partial charge in [0.25, 0.3) is 5.69 Å². The summed E-state index contributed by atoms with van der Waals surface area (Å²) in [6.07, 6.45) is 2.08. The summed E-state index contributed by atoms with van der Waals surface area (Å²) in [5, 5.41) is 32.4. The van der Waals surface area contributed by atoms with Crippen LogP contribution in [0.2, 0.25) is 0 Å². The Morgan fingerprint density at radius 2 is 2.32 bits per heavy atom. The Bertz CT molecular complexity index is 549. The van der Waals surface area contributed by atoms with E-state index in [4.69, 9.17) is 5.26 Å². The van der Waals surface area contributed by atoms with Gasteiger partial charge < -0.3 is 10.4 Å². The van der Waals surface area contributed by atoms with Crippen molar-refractivity contribution in [1.29, 1.82) is 5.26 Å². The van der Waals surface area contributed by atoms with Crippen molar-refractivity contribution in [1.82, 2.24) is 0 Å². The third-order valence-electron chi connectivity index (χ3n) is 3.56. The molecule has 0 bridgehead atoms. The monoisotopic (exact) mass is 261 g/mol. The number of nitrogens with one attached hydrogen (secondary N) is 1. The summed E-state index contributed by atoms with van der Waals surface area (Å²) >= 11 is 0. The molecule has 1 atom stereocenters. The van der Waals surface area contributed by atoms with Crippen LogP contribution < -0.4 is 5.32 Å². The van der Waals surface area contributed by atoms with Gasteiger partial charge in [-0.15, -0.1) is 0 Å². The molecule has 0 heterocycles. The van der Waals surface area contributed by atoms with Gasteiger partial charge in [-0.25, -0.2) is 0 Å². The molecule has 6 heteroatoms. The fraction of sp³-hybridized carbons (Fsp3) is 0.462. The molecular formula is C13H15N3O3. The van der Waals surface area contributed by atoms with Gasteiger partial charge in [-0.05, 0) is 31.7 Å². The highest BCUT2D eigenvalue weighted by atomic mass is 16.6. The SMILES string of the molecule is C[C@](CO)(Nc1ccc([N+](=O)[O-])cc1C#N)C1CC1. The summed E-state index contributed by atoms with van der Waals surface area (Å²) < 4.78 is 0. The van der Waals surface area contributed by atoms with Gasteiger partial charge >= 0.3 is 0 Å². The van der Waals surface area contributed by atoms with Crippen LogP contribution in [0.1, 0.15) is 25.3 Å². The second-order valence-electron chi connectivity index (χ2n) is 5.07. The van der Waals surface area contributed by atoms with E-state index in [1.165, 1.54) is 18.2 Å². The van der Waals surface area contributed by atoms with Gasteiger partial charge in [0.15, 0.2) is 0 Å². The van der Waals surface area contributed by atoms with Crippen LogP contribution in [0.4, 0.5) is 11.4 Å². The number of benzene rings is 1. The van der Waals surface area contributed by atoms with Crippen LogP contribution in [0, 0.1) is 27.4 Å². The van der Waals surface area contributed by atoms with Crippen molar-refractivity contribution in [3.05, 3.63) is 33.9 Å². The largest absolute Gasteiger partial charge is 0.394 e. The minimum absolute atomic E-state index is 0.0421. The molecule has 0 radical (unpaired) electrons. The van der Waals surface area contributed by atoms with Crippen molar-refractivity contribution in [3.63, 3.8) is 0 Å². The molecular weight excluding hydrogens is 246 g/mol. The summed E-state index contributed by atoms with van der Waals surface area (Å²) in [4.78, 5) is 10.1. The molecule has 1 aliphatic rings. The Balaban J connectivity index is 2.30. The first-order chi connectivity index (χ1) is 9.00. The van der Waals surface area contributed by atoms with Crippen molar-refractivity contribution < 1.29 is 10.0 Å². The molecule has 1 aromatic rings. The van der Waals surface area contributed by atoms with E-state index in [2.05, 4.69) is 5.32 Å². The zero-order valence-corrected chi connectivity index (χ0v) is 10.6. The fourth-order valence-electron chi connectivity index (χ4n) is 2.15. The molecule has 0 unspecified atom stereocenters. The highest BCUT2D eigenvalue weighted by molar-refractivity contribution is 5.62. The van der Waals surface area contributed by atoms with E-state index in [0.29, 0.717) is 11.6 Å². The quantitative estimate of drug-likeness (QED) is 0.624. The highest BCUT2D eigenvalue weighted by Gasteiger charge is 2.41. The van der Waals surface area contributed by atoms with Crippen LogP contribution in [0.15, 0.2) is 18.2 Å². The summed E-state index contributed by atoms with van der Waals surface area (Å²) in [6, 6.07) is 6.07. The maximum Gasteiger partial charge on any atom is 0.270 e. The molecule has 1 fully saturated rings. The van der Waals surface area contributed by atoms with Crippen LogP contribution >= 0.6 is 0 Å². The lowest BCUT2D eigenvalue weighted by molar-refractivity contribution is -0.384. The van der Waals surface area contributed by atoms with E-state index in [9.17, 15) is 15.2 Å². The Kier molecular flexibility index (Phi) is 3.40. The number of hydrogen-bond acceptors (Lipinski definition) is 5. The first-order valence-corrected chi connectivity index (χ1v) is 6.08. The number of nitro benzene ring substituents is 1. The average molecular weight is 261 g/mol. The Hall–Kier alpha value is -2.13. The van der Waals surface area contributed by atoms with E-state index in [1.54, 1.807) is 0 Å². The second-order valence-corrected chi connectivity index (χ2v) is 5.07. The Labute approximate surface area is 110 Å². The molecule has 0 spiro atoms. The first kappa shape index (κ1) is 13.3. The number of nitriles is 1. The van der Waals surface area contributed by atoms with Crippen LogP contribution in [-0.2, 0) is 0 Å². The minimum atomic E-state index is -0.531. The van der Waals surface area contributed by atoms with Crippen molar-refractivity contribution in [2.75, 3.05) is 11.9 Å². The number of non-ortho nitro benzene ring substituents is 1. The van der Waals surface area contributed by atoms with E-state index >= 15 is 0 Å². The van der Waals surface area contributed by atoms with Gasteiger partial charge in [0.05, 0.1) is 28.3 Å². The first-order valence-electron chi connectivity index (χ1n) is 6.08. The lowest BCUT2D eigenvalue weighted by Crippen LogP contribution is -2.41. The molecule has 1 aliphatic carbocycles.